The lowest BCUT2D eigenvalue weighted by molar-refractivity contribution is -0.664. The topological polar surface area (TPSA) is 3.88 Å². The summed E-state index contributed by atoms with van der Waals surface area (Å²) < 4.78 is 3.84. The predicted molar refractivity (Wildman–Crippen MR) is 124 cm³/mol. The number of aromatic nitrogens is 1. The van der Waals surface area contributed by atoms with Gasteiger partial charge in [-0.1, -0.05) is 80.3 Å². The van der Waals surface area contributed by atoms with Gasteiger partial charge in [0, 0.05) is 6.08 Å². The number of allylic oxidation sites excluding steroid dienone is 6. The largest absolute Gasteiger partial charge is 0.263 e. The van der Waals surface area contributed by atoms with Crippen LogP contribution in [-0.4, -0.2) is 0 Å². The monoisotopic (exact) mass is 386 g/mol. The van der Waals surface area contributed by atoms with Gasteiger partial charge in [-0.2, -0.15) is 4.57 Å². The normalized spacial score (nSPS) is 18.2. The maximum absolute atomic E-state index is 3.81. The van der Waals surface area contributed by atoms with Crippen molar-refractivity contribution in [3.8, 4) is 0 Å². The molecule has 1 aromatic heterocycles. The standard InChI is InChI=1S/C26H28NS/c1-5-7-10-19-15-20(18-26(3,4)17-19)16-24-27(6-2)25-22-12-9-8-11-21(22)13-14-23(25)28-24/h5,7-16H,1,6,17-18H2,2-4H3/q+1/b10-7+,20-16-. The maximum Gasteiger partial charge on any atom is 0.263 e. The van der Waals surface area contributed by atoms with Crippen LogP contribution in [0.1, 0.15) is 38.6 Å². The molecule has 0 aliphatic heterocycles. The van der Waals surface area contributed by atoms with Gasteiger partial charge in [0.05, 0.1) is 5.39 Å². The number of benzene rings is 2. The first-order chi connectivity index (χ1) is 13.5. The fourth-order valence-corrected chi connectivity index (χ4v) is 5.57. The van der Waals surface area contributed by atoms with Crippen LogP contribution in [0.15, 0.2) is 78.4 Å². The van der Waals surface area contributed by atoms with Gasteiger partial charge in [-0.15, -0.1) is 0 Å². The zero-order valence-corrected chi connectivity index (χ0v) is 17.9. The first-order valence-electron chi connectivity index (χ1n) is 10.0. The number of hydrogen-bond acceptors (Lipinski definition) is 1. The van der Waals surface area contributed by atoms with Gasteiger partial charge in [0.2, 0.25) is 5.52 Å². The first kappa shape index (κ1) is 18.9. The number of nitrogens with zero attached hydrogens (tertiary/aromatic N) is 1. The minimum Gasteiger partial charge on any atom is -0.182 e. The van der Waals surface area contributed by atoms with Crippen molar-refractivity contribution in [2.24, 2.45) is 5.41 Å². The summed E-state index contributed by atoms with van der Waals surface area (Å²) in [5.41, 5.74) is 4.44. The summed E-state index contributed by atoms with van der Waals surface area (Å²) in [5, 5.41) is 3.99. The van der Waals surface area contributed by atoms with Crippen molar-refractivity contribution >= 4 is 38.4 Å². The highest BCUT2D eigenvalue weighted by Crippen LogP contribution is 2.39. The molecule has 0 N–H and O–H groups in total. The highest BCUT2D eigenvalue weighted by molar-refractivity contribution is 7.19. The molecular weight excluding hydrogens is 358 g/mol. The maximum atomic E-state index is 3.81. The fourth-order valence-electron chi connectivity index (χ4n) is 4.35. The van der Waals surface area contributed by atoms with E-state index in [0.29, 0.717) is 0 Å². The van der Waals surface area contributed by atoms with Gasteiger partial charge in [-0.3, -0.25) is 0 Å². The highest BCUT2D eigenvalue weighted by Gasteiger charge is 2.26. The molecule has 0 saturated carbocycles. The van der Waals surface area contributed by atoms with Crippen LogP contribution in [-0.2, 0) is 6.54 Å². The Balaban J connectivity index is 1.88. The third kappa shape index (κ3) is 3.62. The molecule has 0 radical (unpaired) electrons. The van der Waals surface area contributed by atoms with Gasteiger partial charge in [0.1, 0.15) is 11.2 Å². The Labute approximate surface area is 172 Å². The third-order valence-electron chi connectivity index (χ3n) is 5.42. The van der Waals surface area contributed by atoms with E-state index < -0.39 is 0 Å². The molecule has 0 saturated heterocycles. The molecule has 1 aliphatic carbocycles. The molecule has 2 heteroatoms. The molecule has 4 rings (SSSR count). The molecule has 0 atom stereocenters. The highest BCUT2D eigenvalue weighted by atomic mass is 32.1. The van der Waals surface area contributed by atoms with Crippen LogP contribution in [0, 0.1) is 5.41 Å². The average Bonchev–Trinajstić information content (AvgIpc) is 3.02. The average molecular weight is 387 g/mol. The second-order valence-corrected chi connectivity index (χ2v) is 9.43. The molecule has 28 heavy (non-hydrogen) atoms. The van der Waals surface area contributed by atoms with E-state index in [1.54, 1.807) is 0 Å². The van der Waals surface area contributed by atoms with Gasteiger partial charge in [-0.05, 0) is 53.8 Å². The van der Waals surface area contributed by atoms with Gasteiger partial charge >= 0.3 is 0 Å². The lowest BCUT2D eigenvalue weighted by Gasteiger charge is -2.30. The Morgan fingerprint density at radius 3 is 2.75 bits per heavy atom. The minimum atomic E-state index is 0.280. The quantitative estimate of drug-likeness (QED) is 0.329. The molecule has 1 nitrogen and oxygen atoms in total. The van der Waals surface area contributed by atoms with E-state index in [-0.39, 0.29) is 5.41 Å². The third-order valence-corrected chi connectivity index (χ3v) is 6.52. The van der Waals surface area contributed by atoms with Crippen molar-refractivity contribution in [1.29, 1.82) is 0 Å². The Hall–Kier alpha value is -2.45. The Kier molecular flexibility index (Phi) is 5.07. The molecule has 2 aromatic carbocycles. The van der Waals surface area contributed by atoms with E-state index >= 15 is 0 Å². The lowest BCUT2D eigenvalue weighted by Crippen LogP contribution is -2.33. The van der Waals surface area contributed by atoms with Gasteiger partial charge in [-0.25, -0.2) is 0 Å². The lowest BCUT2D eigenvalue weighted by atomic mass is 9.75. The van der Waals surface area contributed by atoms with Crippen LogP contribution in [0.25, 0.3) is 27.1 Å². The van der Waals surface area contributed by atoms with Crippen molar-refractivity contribution < 1.29 is 4.57 Å². The minimum absolute atomic E-state index is 0.280. The van der Waals surface area contributed by atoms with E-state index in [4.69, 9.17) is 0 Å². The smallest absolute Gasteiger partial charge is 0.182 e. The van der Waals surface area contributed by atoms with Gasteiger partial charge < -0.3 is 0 Å². The van der Waals surface area contributed by atoms with E-state index in [1.165, 1.54) is 37.1 Å². The van der Waals surface area contributed by atoms with E-state index in [1.807, 2.05) is 23.5 Å². The van der Waals surface area contributed by atoms with Crippen LogP contribution in [0.4, 0.5) is 0 Å². The number of thiazole rings is 1. The van der Waals surface area contributed by atoms with Crippen molar-refractivity contribution in [2.45, 2.75) is 40.2 Å². The predicted octanol–water partition coefficient (Wildman–Crippen LogP) is 7.23. The van der Waals surface area contributed by atoms with Gasteiger partial charge in [0.15, 0.2) is 0 Å². The van der Waals surface area contributed by atoms with E-state index in [0.717, 1.165) is 19.4 Å². The fraction of sp³-hybridized carbons (Fsp3) is 0.269. The first-order valence-corrected chi connectivity index (χ1v) is 10.9. The van der Waals surface area contributed by atoms with E-state index in [9.17, 15) is 0 Å². The summed E-state index contributed by atoms with van der Waals surface area (Å²) in [7, 11) is 0. The van der Waals surface area contributed by atoms with Crippen molar-refractivity contribution in [1.82, 2.24) is 0 Å². The zero-order valence-electron chi connectivity index (χ0n) is 17.0. The molecule has 1 aliphatic rings. The Morgan fingerprint density at radius 2 is 1.96 bits per heavy atom. The summed E-state index contributed by atoms with van der Waals surface area (Å²) in [5.74, 6) is 0. The molecule has 3 aromatic rings. The second kappa shape index (κ2) is 7.52. The van der Waals surface area contributed by atoms with E-state index in [2.05, 4.69) is 86.5 Å². The molecule has 0 bridgehead atoms. The Bertz CT molecular complexity index is 1140. The van der Waals surface area contributed by atoms with Crippen LogP contribution in [0.2, 0.25) is 0 Å². The molecule has 0 spiro atoms. The SMILES string of the molecule is C=C/C=C/C1=CC(=C/c2sc3ccc4ccccc4c3[n+]2CC)/CC(C)(C)C1. The Morgan fingerprint density at radius 1 is 1.14 bits per heavy atom. The van der Waals surface area contributed by atoms with Crippen molar-refractivity contribution in [2.75, 3.05) is 0 Å². The number of fused-ring (bicyclic) bond motifs is 3. The summed E-state index contributed by atoms with van der Waals surface area (Å²) >= 11 is 1.90. The molecule has 0 amide bonds. The molecule has 0 unspecified atom stereocenters. The number of hydrogen-bond donors (Lipinski definition) is 0. The summed E-state index contributed by atoms with van der Waals surface area (Å²) in [6.07, 6.45) is 13.1. The molecule has 142 valence electrons. The van der Waals surface area contributed by atoms with Gasteiger partial charge in [0.25, 0.3) is 5.01 Å². The molecular formula is C26H28NS+. The summed E-state index contributed by atoms with van der Waals surface area (Å²) in [4.78, 5) is 0. The van der Waals surface area contributed by atoms with Crippen LogP contribution in [0.3, 0.4) is 0 Å². The van der Waals surface area contributed by atoms with Crippen molar-refractivity contribution in [3.05, 3.63) is 83.4 Å². The van der Waals surface area contributed by atoms with Crippen molar-refractivity contribution in [3.63, 3.8) is 0 Å². The zero-order chi connectivity index (χ0) is 19.7. The summed E-state index contributed by atoms with van der Waals surface area (Å²) in [6.45, 7) is 11.8. The summed E-state index contributed by atoms with van der Waals surface area (Å²) in [6, 6.07) is 13.2. The molecule has 1 heterocycles. The number of rotatable bonds is 4. The molecule has 0 fully saturated rings. The van der Waals surface area contributed by atoms with Crippen LogP contribution >= 0.6 is 11.3 Å². The van der Waals surface area contributed by atoms with Crippen LogP contribution in [0.5, 0.6) is 0 Å². The second-order valence-electron chi connectivity index (χ2n) is 8.37. The van der Waals surface area contributed by atoms with Crippen LogP contribution < -0.4 is 4.57 Å². The number of aryl methyl sites for hydroxylation is 1.